The molecule has 2 rings (SSSR count). The monoisotopic (exact) mass is 441 g/mol. The van der Waals surface area contributed by atoms with Crippen molar-refractivity contribution < 1.29 is 28.8 Å². The first-order valence-corrected chi connectivity index (χ1v) is 9.81. The summed E-state index contributed by atoms with van der Waals surface area (Å²) in [7, 11) is 0. The number of morpholine rings is 1. The third-order valence-electron chi connectivity index (χ3n) is 4.58. The minimum atomic E-state index is -1.05. The van der Waals surface area contributed by atoms with Crippen LogP contribution in [-0.2, 0) is 19.1 Å². The van der Waals surface area contributed by atoms with Gasteiger partial charge in [0.15, 0.2) is 6.10 Å². The van der Waals surface area contributed by atoms with Gasteiger partial charge < -0.3 is 19.7 Å². The summed E-state index contributed by atoms with van der Waals surface area (Å²) in [6, 6.07) is 2.54. The van der Waals surface area contributed by atoms with Crippen molar-refractivity contribution in [2.75, 3.05) is 26.3 Å². The summed E-state index contributed by atoms with van der Waals surface area (Å²) in [5.74, 6) is -2.16. The third-order valence-corrected chi connectivity index (χ3v) is 4.90. The number of nitrogens with one attached hydrogen (secondary N) is 1. The first-order valence-electron chi connectivity index (χ1n) is 9.43. The number of rotatable bonds is 7. The zero-order chi connectivity index (χ0) is 22.4. The highest BCUT2D eigenvalue weighted by Gasteiger charge is 2.31. The van der Waals surface area contributed by atoms with Gasteiger partial charge in [-0.05, 0) is 25.0 Å². The fraction of sp³-hybridized carbons (Fsp3) is 0.526. The Labute approximate surface area is 178 Å². The number of hydrogen-bond donors (Lipinski definition) is 1. The van der Waals surface area contributed by atoms with Gasteiger partial charge in [-0.2, -0.15) is 0 Å². The normalized spacial score (nSPS) is 16.0. The van der Waals surface area contributed by atoms with Crippen LogP contribution in [0.15, 0.2) is 18.2 Å². The lowest BCUT2D eigenvalue weighted by Crippen LogP contribution is -2.49. The van der Waals surface area contributed by atoms with Crippen molar-refractivity contribution in [3.63, 3.8) is 0 Å². The lowest BCUT2D eigenvalue weighted by Gasteiger charge is -2.30. The average Bonchev–Trinajstić information content (AvgIpc) is 2.71. The van der Waals surface area contributed by atoms with Crippen molar-refractivity contribution in [3.05, 3.63) is 38.9 Å². The number of carbonyl (C=O) groups excluding carboxylic acids is 3. The van der Waals surface area contributed by atoms with Crippen molar-refractivity contribution in [1.29, 1.82) is 0 Å². The lowest BCUT2D eigenvalue weighted by molar-refractivity contribution is -0.384. The fourth-order valence-corrected chi connectivity index (χ4v) is 3.04. The highest BCUT2D eigenvalue weighted by molar-refractivity contribution is 6.32. The molecule has 1 aromatic carbocycles. The van der Waals surface area contributed by atoms with Crippen molar-refractivity contribution in [2.45, 2.75) is 32.9 Å². The summed E-state index contributed by atoms with van der Waals surface area (Å²) >= 11 is 5.76. The quantitative estimate of drug-likeness (QED) is 0.388. The number of ether oxygens (including phenoxy) is 2. The molecule has 1 heterocycles. The first kappa shape index (κ1) is 23.6. The molecule has 1 saturated heterocycles. The third kappa shape index (κ3) is 5.90. The van der Waals surface area contributed by atoms with E-state index in [4.69, 9.17) is 21.1 Å². The smallest absolute Gasteiger partial charge is 0.329 e. The van der Waals surface area contributed by atoms with Crippen LogP contribution in [0.25, 0.3) is 0 Å². The van der Waals surface area contributed by atoms with Crippen LogP contribution in [0.5, 0.6) is 0 Å². The van der Waals surface area contributed by atoms with Crippen LogP contribution in [0.3, 0.4) is 0 Å². The molecule has 1 N–H and O–H groups in total. The SMILES string of the molecule is CC(OC(=O)[C@@H](NC(=O)c1ccc(Cl)c([N+](=O)[O-])c1)C(C)C)C(=O)N1CCOCC1. The van der Waals surface area contributed by atoms with Gasteiger partial charge in [-0.15, -0.1) is 0 Å². The number of amides is 2. The average molecular weight is 442 g/mol. The number of nitrogens with zero attached hydrogens (tertiary/aromatic N) is 2. The molecular weight excluding hydrogens is 418 g/mol. The maximum absolute atomic E-state index is 12.6. The summed E-state index contributed by atoms with van der Waals surface area (Å²) in [5, 5.41) is 13.4. The van der Waals surface area contributed by atoms with Crippen LogP contribution < -0.4 is 5.32 Å². The molecule has 1 aliphatic heterocycles. The second-order valence-corrected chi connectivity index (χ2v) is 7.54. The fourth-order valence-electron chi connectivity index (χ4n) is 2.85. The molecule has 0 aromatic heterocycles. The minimum Gasteiger partial charge on any atom is -0.451 e. The van der Waals surface area contributed by atoms with Gasteiger partial charge in [0.05, 0.1) is 18.1 Å². The molecule has 10 nitrogen and oxygen atoms in total. The van der Waals surface area contributed by atoms with E-state index < -0.39 is 34.6 Å². The summed E-state index contributed by atoms with van der Waals surface area (Å²) < 4.78 is 10.5. The Morgan fingerprint density at radius 1 is 1.23 bits per heavy atom. The Kier molecular flexibility index (Phi) is 8.13. The molecule has 0 spiro atoms. The molecule has 30 heavy (non-hydrogen) atoms. The Morgan fingerprint density at radius 3 is 2.43 bits per heavy atom. The predicted molar refractivity (Wildman–Crippen MR) is 107 cm³/mol. The van der Waals surface area contributed by atoms with E-state index in [1.807, 2.05) is 0 Å². The Bertz CT molecular complexity index is 824. The summed E-state index contributed by atoms with van der Waals surface area (Å²) in [5.41, 5.74) is -0.445. The number of carbonyl (C=O) groups is 3. The van der Waals surface area contributed by atoms with Crippen LogP contribution >= 0.6 is 11.6 Å². The lowest BCUT2D eigenvalue weighted by atomic mass is 10.0. The molecule has 0 bridgehead atoms. The predicted octanol–water partition coefficient (Wildman–Crippen LogP) is 1.79. The molecule has 1 aliphatic rings. The molecule has 1 unspecified atom stereocenters. The minimum absolute atomic E-state index is 0.0259. The molecule has 11 heteroatoms. The van der Waals surface area contributed by atoms with Crippen LogP contribution in [-0.4, -0.2) is 66.1 Å². The molecule has 1 aromatic rings. The second-order valence-electron chi connectivity index (χ2n) is 7.14. The number of halogens is 1. The summed E-state index contributed by atoms with van der Waals surface area (Å²) in [4.78, 5) is 49.5. The highest BCUT2D eigenvalue weighted by atomic mass is 35.5. The molecule has 164 valence electrons. The van der Waals surface area contributed by atoms with Crippen molar-refractivity contribution >= 4 is 35.1 Å². The highest BCUT2D eigenvalue weighted by Crippen LogP contribution is 2.25. The van der Waals surface area contributed by atoms with E-state index in [9.17, 15) is 24.5 Å². The summed E-state index contributed by atoms with van der Waals surface area (Å²) in [6.45, 7) is 6.54. The van der Waals surface area contributed by atoms with E-state index in [-0.39, 0.29) is 22.4 Å². The van der Waals surface area contributed by atoms with E-state index in [0.29, 0.717) is 26.3 Å². The zero-order valence-electron chi connectivity index (χ0n) is 16.9. The van der Waals surface area contributed by atoms with E-state index >= 15 is 0 Å². The van der Waals surface area contributed by atoms with Gasteiger partial charge in [0.25, 0.3) is 17.5 Å². The number of benzene rings is 1. The first-order chi connectivity index (χ1) is 14.1. The Morgan fingerprint density at radius 2 is 1.87 bits per heavy atom. The van der Waals surface area contributed by atoms with Crippen LogP contribution in [0, 0.1) is 16.0 Å². The number of nitro benzene ring substituents is 1. The molecule has 0 saturated carbocycles. The van der Waals surface area contributed by atoms with Crippen LogP contribution in [0.1, 0.15) is 31.1 Å². The molecular formula is C19H24ClN3O7. The van der Waals surface area contributed by atoms with E-state index in [1.165, 1.54) is 19.1 Å². The maximum atomic E-state index is 12.6. The van der Waals surface area contributed by atoms with Gasteiger partial charge in [-0.25, -0.2) is 4.79 Å². The largest absolute Gasteiger partial charge is 0.451 e. The van der Waals surface area contributed by atoms with Gasteiger partial charge in [0.2, 0.25) is 0 Å². The van der Waals surface area contributed by atoms with E-state index in [0.717, 1.165) is 6.07 Å². The maximum Gasteiger partial charge on any atom is 0.329 e. The van der Waals surface area contributed by atoms with Gasteiger partial charge >= 0.3 is 5.97 Å². The molecule has 0 radical (unpaired) electrons. The Hall–Kier alpha value is -2.72. The van der Waals surface area contributed by atoms with E-state index in [1.54, 1.807) is 18.7 Å². The van der Waals surface area contributed by atoms with E-state index in [2.05, 4.69) is 5.32 Å². The summed E-state index contributed by atoms with van der Waals surface area (Å²) in [6.07, 6.45) is -1.02. The molecule has 2 atom stereocenters. The van der Waals surface area contributed by atoms with Gasteiger partial charge in [0.1, 0.15) is 11.1 Å². The molecule has 0 aliphatic carbocycles. The zero-order valence-corrected chi connectivity index (χ0v) is 17.7. The van der Waals surface area contributed by atoms with Gasteiger partial charge in [0, 0.05) is 24.7 Å². The van der Waals surface area contributed by atoms with Crippen LogP contribution in [0.2, 0.25) is 5.02 Å². The van der Waals surface area contributed by atoms with Crippen molar-refractivity contribution in [1.82, 2.24) is 10.2 Å². The molecule has 1 fully saturated rings. The van der Waals surface area contributed by atoms with Crippen molar-refractivity contribution in [2.24, 2.45) is 5.92 Å². The number of nitro groups is 1. The van der Waals surface area contributed by atoms with Crippen molar-refractivity contribution in [3.8, 4) is 0 Å². The van der Waals surface area contributed by atoms with Gasteiger partial charge in [-0.1, -0.05) is 25.4 Å². The van der Waals surface area contributed by atoms with Crippen LogP contribution in [0.4, 0.5) is 5.69 Å². The topological polar surface area (TPSA) is 128 Å². The number of esters is 1. The standard InChI is InChI=1S/C19H24ClN3O7/c1-11(2)16(19(26)30-12(3)18(25)22-6-8-29-9-7-22)21-17(24)13-4-5-14(20)15(10-13)23(27)28/h4-5,10-12,16H,6-9H2,1-3H3,(H,21,24)/t12?,16-/m0/s1. The van der Waals surface area contributed by atoms with Gasteiger partial charge in [-0.3, -0.25) is 19.7 Å². The Balaban J connectivity index is 2.06. The second kappa shape index (κ2) is 10.4. The molecule has 2 amide bonds. The number of hydrogen-bond acceptors (Lipinski definition) is 7.